The van der Waals surface area contributed by atoms with E-state index in [9.17, 15) is 10.1 Å². The third kappa shape index (κ3) is 9.07. The maximum absolute atomic E-state index is 13.2. The molecule has 13 heteroatoms. The highest BCUT2D eigenvalue weighted by molar-refractivity contribution is 7.44. The fraction of sp³-hybridized carbons (Fsp3) is 0.425. The zero-order chi connectivity index (χ0) is 38.1. The van der Waals surface area contributed by atoms with Gasteiger partial charge in [-0.3, -0.25) is 4.57 Å². The van der Waals surface area contributed by atoms with Gasteiger partial charge in [0.15, 0.2) is 0 Å². The van der Waals surface area contributed by atoms with Crippen LogP contribution < -0.4 is 20.9 Å². The second-order valence-corrected chi connectivity index (χ2v) is 14.8. The average molecular weight is 744 g/mol. The molecule has 4 aromatic rings. The molecule has 2 heterocycles. The molecule has 1 unspecified atom stereocenters. The molecule has 1 aromatic heterocycles. The van der Waals surface area contributed by atoms with Crippen LogP contribution >= 0.6 is 8.53 Å². The lowest BCUT2D eigenvalue weighted by molar-refractivity contribution is -0.0925. The van der Waals surface area contributed by atoms with Crippen molar-refractivity contribution < 1.29 is 28.0 Å². The van der Waals surface area contributed by atoms with Crippen LogP contribution in [0, 0.1) is 18.3 Å². The molecule has 0 bridgehead atoms. The number of nitriles is 1. The minimum atomic E-state index is -1.65. The number of aromatic nitrogens is 2. The average Bonchev–Trinajstić information content (AvgIpc) is 3.56. The Morgan fingerprint density at radius 3 is 2.06 bits per heavy atom. The first kappa shape index (κ1) is 39.9. The lowest BCUT2D eigenvalue weighted by Crippen LogP contribution is -2.39. The molecule has 1 saturated heterocycles. The largest absolute Gasteiger partial charge is 0.497 e. The normalized spacial score (nSPS) is 18.0. The van der Waals surface area contributed by atoms with Gasteiger partial charge < -0.3 is 33.7 Å². The zero-order valence-electron chi connectivity index (χ0n) is 31.5. The predicted molar refractivity (Wildman–Crippen MR) is 205 cm³/mol. The molecule has 0 saturated carbocycles. The molecule has 1 fully saturated rings. The number of aryl methyl sites for hydroxylation is 1. The summed E-state index contributed by atoms with van der Waals surface area (Å²) < 4.78 is 41.8. The van der Waals surface area contributed by atoms with Gasteiger partial charge >= 0.3 is 5.69 Å². The Morgan fingerprint density at radius 2 is 1.53 bits per heavy atom. The van der Waals surface area contributed by atoms with E-state index < -0.39 is 38.3 Å². The predicted octanol–water partition coefficient (Wildman–Crippen LogP) is 7.11. The number of rotatable bonds is 17. The Morgan fingerprint density at radius 1 is 0.962 bits per heavy atom. The van der Waals surface area contributed by atoms with Gasteiger partial charge in [0.2, 0.25) is 0 Å². The van der Waals surface area contributed by atoms with E-state index in [4.69, 9.17) is 33.7 Å². The summed E-state index contributed by atoms with van der Waals surface area (Å²) >= 11 is 0. The Hall–Kier alpha value is -4.34. The molecule has 0 amide bonds. The van der Waals surface area contributed by atoms with Crippen LogP contribution in [0.15, 0.2) is 89.9 Å². The third-order valence-electron chi connectivity index (χ3n) is 9.19. The smallest absolute Gasteiger partial charge is 0.351 e. The Labute approximate surface area is 313 Å². The number of benzene rings is 3. The molecule has 1 aliphatic heterocycles. The van der Waals surface area contributed by atoms with Crippen molar-refractivity contribution in [2.75, 3.05) is 33.2 Å². The van der Waals surface area contributed by atoms with Crippen LogP contribution in [0.1, 0.15) is 69.0 Å². The standard InChI is InChI=1S/C40H50N5O7P/c1-27(2)45(28(3)4)53(50-23-11-22-41)52-35-24-37(44-25-29(5)38(42)43-39(44)46)51-36(35)26-49-40(30-12-9-8-10-13-30,31-14-18-33(47-6)19-15-31)32-16-20-34(48-7)21-17-32/h8-10,12-21,25,27-28,35-37H,11,23-24,26H2,1-7H3,(H2,42,43,46)/t35-,36+,37+,53?/m0/s1. The van der Waals surface area contributed by atoms with Gasteiger partial charge in [-0.05, 0) is 75.6 Å². The van der Waals surface area contributed by atoms with Gasteiger partial charge in [-0.2, -0.15) is 10.2 Å². The summed E-state index contributed by atoms with van der Waals surface area (Å²) in [5, 5.41) is 9.30. The van der Waals surface area contributed by atoms with E-state index in [2.05, 4.69) is 43.4 Å². The first-order valence-electron chi connectivity index (χ1n) is 17.8. The number of nitrogens with two attached hydrogens (primary N) is 1. The quantitative estimate of drug-likeness (QED) is 0.0672. The van der Waals surface area contributed by atoms with Crippen molar-refractivity contribution >= 4 is 14.3 Å². The van der Waals surface area contributed by atoms with Gasteiger partial charge in [-0.15, -0.1) is 0 Å². The van der Waals surface area contributed by atoms with E-state index in [0.717, 1.165) is 16.7 Å². The minimum Gasteiger partial charge on any atom is -0.497 e. The number of hydrogen-bond acceptors (Lipinski definition) is 11. The molecule has 5 rings (SSSR count). The van der Waals surface area contributed by atoms with Crippen LogP contribution in [0.2, 0.25) is 0 Å². The van der Waals surface area contributed by atoms with Gasteiger partial charge in [0.05, 0.1) is 46.0 Å². The molecule has 12 nitrogen and oxygen atoms in total. The Balaban J connectivity index is 1.60. The molecule has 53 heavy (non-hydrogen) atoms. The summed E-state index contributed by atoms with van der Waals surface area (Å²) in [6.07, 6.45) is 0.251. The lowest BCUT2D eigenvalue weighted by atomic mass is 9.80. The molecule has 2 N–H and O–H groups in total. The number of hydrogen-bond donors (Lipinski definition) is 1. The molecule has 3 aromatic carbocycles. The molecular weight excluding hydrogens is 693 g/mol. The summed E-state index contributed by atoms with van der Waals surface area (Å²) in [7, 11) is 1.62. The summed E-state index contributed by atoms with van der Waals surface area (Å²) in [4.78, 5) is 17.2. The summed E-state index contributed by atoms with van der Waals surface area (Å²) in [5.74, 6) is 1.59. The van der Waals surface area contributed by atoms with Crippen molar-refractivity contribution in [2.24, 2.45) is 0 Å². The van der Waals surface area contributed by atoms with E-state index in [1.165, 1.54) is 4.57 Å². The Kier molecular flexibility index (Phi) is 13.6. The van der Waals surface area contributed by atoms with Gasteiger partial charge in [-0.25, -0.2) is 9.46 Å². The van der Waals surface area contributed by atoms with E-state index >= 15 is 0 Å². The highest BCUT2D eigenvalue weighted by atomic mass is 31.2. The minimum absolute atomic E-state index is 0.0645. The van der Waals surface area contributed by atoms with Crippen molar-refractivity contribution in [2.45, 2.75) is 83.6 Å². The Bertz CT molecular complexity index is 1810. The van der Waals surface area contributed by atoms with Gasteiger partial charge in [0.25, 0.3) is 8.53 Å². The SMILES string of the molecule is COc1ccc(C(OC[C@H]2O[C@@H](n3cc(C)c(N)nc3=O)C[C@@H]2OP(OCCC#N)N(C(C)C)C(C)C)(c2ccccc2)c2ccc(OC)cc2)cc1. The lowest BCUT2D eigenvalue weighted by Gasteiger charge is -2.39. The van der Waals surface area contributed by atoms with Gasteiger partial charge in [0.1, 0.15) is 35.2 Å². The summed E-state index contributed by atoms with van der Waals surface area (Å²) in [6.45, 7) is 10.4. The molecular formula is C40H50N5O7P. The van der Waals surface area contributed by atoms with E-state index in [-0.39, 0.29) is 37.5 Å². The number of anilines is 1. The van der Waals surface area contributed by atoms with Crippen LogP contribution in [0.5, 0.6) is 11.5 Å². The fourth-order valence-electron chi connectivity index (χ4n) is 6.61. The van der Waals surface area contributed by atoms with Crippen LogP contribution in [0.25, 0.3) is 0 Å². The monoisotopic (exact) mass is 743 g/mol. The van der Waals surface area contributed by atoms with Crippen molar-refractivity contribution in [3.05, 3.63) is 118 Å². The molecule has 0 spiro atoms. The maximum Gasteiger partial charge on any atom is 0.351 e. The van der Waals surface area contributed by atoms with Gasteiger partial charge in [0, 0.05) is 30.3 Å². The first-order chi connectivity index (χ1) is 25.5. The van der Waals surface area contributed by atoms with Crippen molar-refractivity contribution in [1.29, 1.82) is 5.26 Å². The van der Waals surface area contributed by atoms with E-state index in [1.54, 1.807) is 27.3 Å². The van der Waals surface area contributed by atoms with Crippen molar-refractivity contribution in [3.8, 4) is 17.6 Å². The van der Waals surface area contributed by atoms with Crippen LogP contribution in [-0.4, -0.2) is 65.9 Å². The zero-order valence-corrected chi connectivity index (χ0v) is 32.4. The molecule has 0 aliphatic carbocycles. The van der Waals surface area contributed by atoms with Crippen molar-refractivity contribution in [1.82, 2.24) is 14.2 Å². The second kappa shape index (κ2) is 18.1. The number of nitrogen functional groups attached to an aromatic ring is 1. The highest BCUT2D eigenvalue weighted by Crippen LogP contribution is 2.50. The van der Waals surface area contributed by atoms with E-state index in [0.29, 0.717) is 23.5 Å². The molecule has 1 aliphatic rings. The van der Waals surface area contributed by atoms with Crippen LogP contribution in [0.4, 0.5) is 5.82 Å². The van der Waals surface area contributed by atoms with Crippen LogP contribution in [0.3, 0.4) is 0 Å². The third-order valence-corrected chi connectivity index (χ3v) is 11.3. The number of ether oxygens (including phenoxy) is 4. The van der Waals surface area contributed by atoms with Crippen LogP contribution in [-0.2, 0) is 24.1 Å². The van der Waals surface area contributed by atoms with Crippen molar-refractivity contribution in [3.63, 3.8) is 0 Å². The second-order valence-electron chi connectivity index (χ2n) is 13.4. The number of nitrogens with zero attached hydrogens (tertiary/aromatic N) is 4. The first-order valence-corrected chi connectivity index (χ1v) is 18.9. The summed E-state index contributed by atoms with van der Waals surface area (Å²) in [6, 6.07) is 28.0. The fourth-order valence-corrected chi connectivity index (χ4v) is 8.37. The topological polar surface area (TPSA) is 143 Å². The molecule has 282 valence electrons. The molecule has 0 radical (unpaired) electrons. The number of methoxy groups -OCH3 is 2. The van der Waals surface area contributed by atoms with E-state index in [1.807, 2.05) is 78.9 Å². The van der Waals surface area contributed by atoms with Gasteiger partial charge in [-0.1, -0.05) is 54.6 Å². The highest BCUT2D eigenvalue weighted by Gasteiger charge is 2.45. The molecule has 4 atom stereocenters. The summed E-state index contributed by atoms with van der Waals surface area (Å²) in [5.41, 5.74) is 7.63. The maximum atomic E-state index is 13.2.